The number of hydrogen-bond acceptors (Lipinski definition) is 8. The average molecular weight is 719 g/mol. The quantitative estimate of drug-likeness (QED) is 0.106. The zero-order valence-electron chi connectivity index (χ0n) is 26.9. The molecule has 1 heterocycles. The van der Waals surface area contributed by atoms with Gasteiger partial charge in [0, 0.05) is 16.1 Å². The first-order valence-corrected chi connectivity index (χ1v) is 18.6. The van der Waals surface area contributed by atoms with Crippen LogP contribution in [-0.2, 0) is 37.6 Å². The van der Waals surface area contributed by atoms with Crippen LogP contribution in [0.2, 0.25) is 5.02 Å². The number of aryl methyl sites for hydroxylation is 1. The third-order valence-electron chi connectivity index (χ3n) is 7.57. The average Bonchev–Trinajstić information content (AvgIpc) is 3.58. The Hall–Kier alpha value is -4.39. The van der Waals surface area contributed by atoms with Crippen molar-refractivity contribution in [2.45, 2.75) is 37.5 Å². The minimum absolute atomic E-state index is 0.0636. The summed E-state index contributed by atoms with van der Waals surface area (Å²) in [5.41, 5.74) is 4.52. The van der Waals surface area contributed by atoms with Gasteiger partial charge < -0.3 is 19.3 Å². The van der Waals surface area contributed by atoms with Gasteiger partial charge in [-0.2, -0.15) is 11.8 Å². The Morgan fingerprint density at radius 2 is 1.61 bits per heavy atom. The molecule has 9 nitrogen and oxygen atoms in total. The molecule has 254 valence electrons. The number of ether oxygens (including phenoxy) is 1. The first-order valence-electron chi connectivity index (χ1n) is 15.3. The lowest BCUT2D eigenvalue weighted by molar-refractivity contribution is -0.149. The second-order valence-corrected chi connectivity index (χ2v) is 14.2. The van der Waals surface area contributed by atoms with Gasteiger partial charge in [-0.1, -0.05) is 60.1 Å². The van der Waals surface area contributed by atoms with E-state index in [1.165, 1.54) is 23.9 Å². The van der Waals surface area contributed by atoms with Crippen LogP contribution in [0.5, 0.6) is 0 Å². The summed E-state index contributed by atoms with van der Waals surface area (Å²) in [5, 5.41) is 3.41. The van der Waals surface area contributed by atoms with Crippen molar-refractivity contribution in [1.29, 1.82) is 0 Å². The minimum atomic E-state index is -4.11. The largest absolute Gasteiger partial charge is 0.459 e. The van der Waals surface area contributed by atoms with Crippen LogP contribution in [0.4, 0.5) is 0 Å². The van der Waals surface area contributed by atoms with Crippen LogP contribution in [0.1, 0.15) is 33.7 Å². The molecule has 0 radical (unpaired) electrons. The van der Waals surface area contributed by atoms with Crippen molar-refractivity contribution < 1.29 is 32.0 Å². The fourth-order valence-corrected chi connectivity index (χ4v) is 6.41. The normalized spacial score (nSPS) is 12.0. The molecule has 0 spiro atoms. The molecule has 2 N–H and O–H groups in total. The van der Waals surface area contributed by atoms with E-state index in [-0.39, 0.29) is 24.5 Å². The number of nitrogens with one attached hydrogen (secondary N) is 2. The summed E-state index contributed by atoms with van der Waals surface area (Å²) in [7, 11) is -4.11. The van der Waals surface area contributed by atoms with E-state index in [0.717, 1.165) is 22.3 Å². The molecule has 5 aromatic rings. The van der Waals surface area contributed by atoms with Crippen LogP contribution in [0.15, 0.2) is 119 Å². The summed E-state index contributed by atoms with van der Waals surface area (Å²) in [4.78, 5) is 33.7. The second-order valence-electron chi connectivity index (χ2n) is 11.1. The maximum Gasteiger partial charge on any atom is 0.348 e. The lowest BCUT2D eigenvalue weighted by Gasteiger charge is -2.19. The highest BCUT2D eigenvalue weighted by Gasteiger charge is 2.27. The van der Waals surface area contributed by atoms with Crippen molar-refractivity contribution in [3.05, 3.63) is 137 Å². The predicted molar refractivity (Wildman–Crippen MR) is 191 cm³/mol. The SMILES string of the molecule is CSCC[C@H](NC(=O)c1ccc(COCc2ccc(-c3ccc(Cl)cc3)o2)cc1-c1ccccc1C)C(=O)ONS(=O)(=O)c1ccccc1. The van der Waals surface area contributed by atoms with Crippen LogP contribution < -0.4 is 10.2 Å². The maximum atomic E-state index is 13.8. The third-order valence-corrected chi connectivity index (χ3v) is 9.66. The number of hydrogen-bond donors (Lipinski definition) is 2. The number of furan rings is 1. The summed E-state index contributed by atoms with van der Waals surface area (Å²) in [6.07, 6.45) is 2.08. The number of benzene rings is 4. The lowest BCUT2D eigenvalue weighted by atomic mass is 9.93. The monoisotopic (exact) mass is 718 g/mol. The van der Waals surface area contributed by atoms with Crippen LogP contribution in [0.3, 0.4) is 0 Å². The Balaban J connectivity index is 1.30. The van der Waals surface area contributed by atoms with E-state index < -0.39 is 27.9 Å². The van der Waals surface area contributed by atoms with Gasteiger partial charge in [0.25, 0.3) is 15.9 Å². The first kappa shape index (κ1) is 35.9. The smallest absolute Gasteiger partial charge is 0.348 e. The Kier molecular flexibility index (Phi) is 12.3. The molecule has 0 saturated carbocycles. The Morgan fingerprint density at radius 1 is 0.878 bits per heavy atom. The number of amides is 1. The summed E-state index contributed by atoms with van der Waals surface area (Å²) in [6, 6.07) is 30.6. The van der Waals surface area contributed by atoms with Gasteiger partial charge in [-0.25, -0.2) is 13.2 Å². The van der Waals surface area contributed by atoms with Crippen molar-refractivity contribution in [2.75, 3.05) is 12.0 Å². The molecular formula is C37H35ClN2O7S2. The van der Waals surface area contributed by atoms with E-state index >= 15 is 0 Å². The van der Waals surface area contributed by atoms with E-state index in [9.17, 15) is 18.0 Å². The molecule has 0 aliphatic rings. The number of sulfonamides is 1. The number of rotatable bonds is 15. The number of carbonyl (C=O) groups excluding carboxylic acids is 2. The van der Waals surface area contributed by atoms with Gasteiger partial charge >= 0.3 is 5.97 Å². The summed E-state index contributed by atoms with van der Waals surface area (Å²) >= 11 is 7.48. The molecule has 0 unspecified atom stereocenters. The van der Waals surface area contributed by atoms with Gasteiger partial charge in [0.1, 0.15) is 24.2 Å². The van der Waals surface area contributed by atoms with Gasteiger partial charge in [0.15, 0.2) is 0 Å². The molecule has 0 aliphatic heterocycles. The van der Waals surface area contributed by atoms with Crippen molar-refractivity contribution in [2.24, 2.45) is 0 Å². The zero-order valence-corrected chi connectivity index (χ0v) is 29.2. The van der Waals surface area contributed by atoms with E-state index in [0.29, 0.717) is 33.4 Å². The molecule has 0 bridgehead atoms. The third kappa shape index (κ3) is 9.62. The van der Waals surface area contributed by atoms with Crippen LogP contribution in [0, 0.1) is 6.92 Å². The molecule has 49 heavy (non-hydrogen) atoms. The van der Waals surface area contributed by atoms with Crippen molar-refractivity contribution in [3.63, 3.8) is 0 Å². The van der Waals surface area contributed by atoms with E-state index in [1.54, 1.807) is 42.5 Å². The molecule has 12 heteroatoms. The second kappa shape index (κ2) is 16.8. The molecule has 0 fully saturated rings. The molecule has 1 atom stereocenters. The Morgan fingerprint density at radius 3 is 2.35 bits per heavy atom. The molecule has 0 aliphatic carbocycles. The van der Waals surface area contributed by atoms with Crippen LogP contribution >= 0.6 is 23.4 Å². The predicted octanol–water partition coefficient (Wildman–Crippen LogP) is 7.58. The van der Waals surface area contributed by atoms with Gasteiger partial charge in [0.2, 0.25) is 0 Å². The highest BCUT2D eigenvalue weighted by Crippen LogP contribution is 2.29. The van der Waals surface area contributed by atoms with Gasteiger partial charge in [-0.05, 0) is 113 Å². The topological polar surface area (TPSA) is 124 Å². The lowest BCUT2D eigenvalue weighted by Crippen LogP contribution is -2.44. The molecule has 1 amide bonds. The van der Waals surface area contributed by atoms with E-state index in [4.69, 9.17) is 25.6 Å². The zero-order chi connectivity index (χ0) is 34.8. The standard InChI is InChI=1S/C37H35ClN2O7S2/c1-25-8-6-7-11-31(25)33-22-26(23-45-24-29-17-19-35(46-29)27-13-15-28(38)16-14-27)12-18-32(33)36(41)39-34(20-21-48-2)37(42)47-40-49(43,44)30-9-4-3-5-10-30/h3-19,22,34,40H,20-21,23-24H2,1-2H3,(H,39,41)/t34-/m0/s1. The Labute approximate surface area is 295 Å². The molecule has 0 saturated heterocycles. The van der Waals surface area contributed by atoms with Gasteiger partial charge in [0.05, 0.1) is 11.5 Å². The highest BCUT2D eigenvalue weighted by molar-refractivity contribution is 7.98. The van der Waals surface area contributed by atoms with Crippen molar-refractivity contribution in [1.82, 2.24) is 10.2 Å². The summed E-state index contributed by atoms with van der Waals surface area (Å²) in [5.74, 6) is 0.449. The molecular weight excluding hydrogens is 684 g/mol. The fourth-order valence-electron chi connectivity index (χ4n) is 5.01. The molecule has 4 aromatic carbocycles. The maximum absolute atomic E-state index is 13.8. The van der Waals surface area contributed by atoms with Crippen molar-refractivity contribution in [3.8, 4) is 22.5 Å². The first-order chi connectivity index (χ1) is 23.6. The van der Waals surface area contributed by atoms with E-state index in [1.807, 2.05) is 72.7 Å². The van der Waals surface area contributed by atoms with Gasteiger partial charge in [-0.15, -0.1) is 0 Å². The van der Waals surface area contributed by atoms with Crippen molar-refractivity contribution >= 4 is 45.3 Å². The number of halogens is 1. The minimum Gasteiger partial charge on any atom is -0.459 e. The molecule has 1 aromatic heterocycles. The Bertz CT molecular complexity index is 2000. The molecule has 5 rings (SSSR count). The van der Waals surface area contributed by atoms with Gasteiger partial charge in [-0.3, -0.25) is 4.79 Å². The fraction of sp³-hybridized carbons (Fsp3) is 0.189. The van der Waals surface area contributed by atoms with E-state index in [2.05, 4.69) is 5.32 Å². The van der Waals surface area contributed by atoms with Crippen LogP contribution in [-0.4, -0.2) is 38.3 Å². The number of carbonyl (C=O) groups is 2. The summed E-state index contributed by atoms with van der Waals surface area (Å²) < 4.78 is 37.2. The number of thioether (sulfide) groups is 1. The van der Waals surface area contributed by atoms with Crippen LogP contribution in [0.25, 0.3) is 22.5 Å². The highest BCUT2D eigenvalue weighted by atomic mass is 35.5. The summed E-state index contributed by atoms with van der Waals surface area (Å²) in [6.45, 7) is 2.44.